The van der Waals surface area contributed by atoms with Gasteiger partial charge in [-0.2, -0.15) is 0 Å². The Bertz CT molecular complexity index is 462. The van der Waals surface area contributed by atoms with Crippen LogP contribution in [0.3, 0.4) is 0 Å². The van der Waals surface area contributed by atoms with E-state index in [-0.39, 0.29) is 23.3 Å². The molecule has 0 spiro atoms. The first-order valence-electron chi connectivity index (χ1n) is 5.96. The van der Waals surface area contributed by atoms with Crippen LogP contribution in [0.15, 0.2) is 18.2 Å². The number of amides is 1. The second kappa shape index (κ2) is 4.96. The van der Waals surface area contributed by atoms with E-state index in [2.05, 4.69) is 5.32 Å². The molecule has 0 radical (unpaired) electrons. The van der Waals surface area contributed by atoms with E-state index in [1.165, 1.54) is 4.90 Å². The number of hydrogen-bond acceptors (Lipinski definition) is 4. The molecule has 18 heavy (non-hydrogen) atoms. The van der Waals surface area contributed by atoms with Crippen LogP contribution in [0, 0.1) is 6.92 Å². The maximum Gasteiger partial charge on any atom is 0.257 e. The van der Waals surface area contributed by atoms with Crippen molar-refractivity contribution in [3.63, 3.8) is 0 Å². The Morgan fingerprint density at radius 3 is 2.72 bits per heavy atom. The number of nitrogens with zero attached hydrogens (tertiary/aromatic N) is 1. The molecule has 0 aromatic heterocycles. The lowest BCUT2D eigenvalue weighted by molar-refractivity contribution is 0.0578. The number of likely N-dealkylation sites (N-methyl/N-ethyl adjacent to an activating group) is 1. The second-order valence-corrected chi connectivity index (χ2v) is 4.73. The number of aliphatic hydroxyl groups is 1. The number of carbonyl (C=O) groups excluding carboxylic acids is 1. The Balaban J connectivity index is 2.20. The monoisotopic (exact) mass is 250 g/mol. The van der Waals surface area contributed by atoms with Crippen LogP contribution in [-0.2, 0) is 0 Å². The third-order valence-electron chi connectivity index (χ3n) is 3.35. The summed E-state index contributed by atoms with van der Waals surface area (Å²) >= 11 is 0. The second-order valence-electron chi connectivity index (χ2n) is 4.73. The molecule has 5 nitrogen and oxygen atoms in total. The minimum atomic E-state index is -0.563. The molecule has 1 saturated heterocycles. The topological polar surface area (TPSA) is 72.8 Å². The first kappa shape index (κ1) is 12.9. The van der Waals surface area contributed by atoms with Crippen LogP contribution in [0.5, 0.6) is 5.75 Å². The lowest BCUT2D eigenvalue weighted by Gasteiger charge is -2.26. The zero-order chi connectivity index (χ0) is 13.3. The van der Waals surface area contributed by atoms with Gasteiger partial charge in [0.15, 0.2) is 0 Å². The van der Waals surface area contributed by atoms with Gasteiger partial charge in [0.05, 0.1) is 17.7 Å². The Morgan fingerprint density at radius 1 is 1.44 bits per heavy atom. The number of hydrogen-bond donors (Lipinski definition) is 3. The predicted octanol–water partition coefficient (Wildman–Crippen LogP) is 0.105. The fourth-order valence-electron chi connectivity index (χ4n) is 2.21. The van der Waals surface area contributed by atoms with E-state index in [9.17, 15) is 15.0 Å². The van der Waals surface area contributed by atoms with Crippen LogP contribution in [-0.4, -0.2) is 53.3 Å². The maximum atomic E-state index is 12.2. The van der Waals surface area contributed by atoms with Crippen LogP contribution < -0.4 is 5.32 Å². The van der Waals surface area contributed by atoms with Crippen LogP contribution in [0.4, 0.5) is 0 Å². The van der Waals surface area contributed by atoms with Crippen LogP contribution in [0.25, 0.3) is 0 Å². The third kappa shape index (κ3) is 2.32. The van der Waals surface area contributed by atoms with Crippen molar-refractivity contribution in [2.24, 2.45) is 0 Å². The van der Waals surface area contributed by atoms with E-state index in [0.717, 1.165) is 5.56 Å². The highest BCUT2D eigenvalue weighted by Crippen LogP contribution is 2.21. The quantitative estimate of drug-likeness (QED) is 0.696. The summed E-state index contributed by atoms with van der Waals surface area (Å²) in [4.78, 5) is 13.7. The number of phenols is 1. The standard InChI is InChI=1S/C13H18N2O3/c1-8-3-4-9(11(16)5-8)13(18)15(2)10-6-14-7-12(10)17/h3-5,10,12,14,16-17H,6-7H2,1-2H3/t10-,12-/m0/s1. The van der Waals surface area contributed by atoms with Gasteiger partial charge in [0, 0.05) is 20.1 Å². The SMILES string of the molecule is Cc1ccc(C(=O)N(C)[C@H]2CNC[C@@H]2O)c(O)c1. The zero-order valence-corrected chi connectivity index (χ0v) is 10.6. The van der Waals surface area contributed by atoms with Crippen molar-refractivity contribution in [2.45, 2.75) is 19.1 Å². The molecular formula is C13H18N2O3. The predicted molar refractivity (Wildman–Crippen MR) is 67.6 cm³/mol. The van der Waals surface area contributed by atoms with Crippen molar-refractivity contribution < 1.29 is 15.0 Å². The van der Waals surface area contributed by atoms with Crippen molar-refractivity contribution in [3.8, 4) is 5.75 Å². The smallest absolute Gasteiger partial charge is 0.257 e. The summed E-state index contributed by atoms with van der Waals surface area (Å²) < 4.78 is 0. The van der Waals surface area contributed by atoms with E-state index in [1.807, 2.05) is 6.92 Å². The van der Waals surface area contributed by atoms with Crippen molar-refractivity contribution in [1.82, 2.24) is 10.2 Å². The van der Waals surface area contributed by atoms with Gasteiger partial charge < -0.3 is 20.4 Å². The van der Waals surface area contributed by atoms with Gasteiger partial charge in [-0.1, -0.05) is 6.07 Å². The number of rotatable bonds is 2. The van der Waals surface area contributed by atoms with Gasteiger partial charge in [0.25, 0.3) is 5.91 Å². The minimum absolute atomic E-state index is 0.0210. The van der Waals surface area contributed by atoms with Gasteiger partial charge >= 0.3 is 0 Å². The number of aromatic hydroxyl groups is 1. The minimum Gasteiger partial charge on any atom is -0.507 e. The largest absolute Gasteiger partial charge is 0.507 e. The first-order valence-corrected chi connectivity index (χ1v) is 5.96. The highest BCUT2D eigenvalue weighted by atomic mass is 16.3. The van der Waals surface area contributed by atoms with E-state index in [0.29, 0.717) is 13.1 Å². The number of nitrogens with one attached hydrogen (secondary N) is 1. The van der Waals surface area contributed by atoms with Crippen molar-refractivity contribution in [1.29, 1.82) is 0 Å². The Labute approximate surface area is 106 Å². The summed E-state index contributed by atoms with van der Waals surface area (Å²) in [7, 11) is 1.64. The maximum absolute atomic E-state index is 12.2. The third-order valence-corrected chi connectivity index (χ3v) is 3.35. The summed E-state index contributed by atoms with van der Waals surface area (Å²) in [5.41, 5.74) is 1.16. The number of carbonyl (C=O) groups is 1. The summed E-state index contributed by atoms with van der Waals surface area (Å²) in [6.07, 6.45) is -0.563. The van der Waals surface area contributed by atoms with Gasteiger partial charge in [-0.15, -0.1) is 0 Å². The summed E-state index contributed by atoms with van der Waals surface area (Å²) in [5, 5.41) is 22.6. The molecule has 5 heteroatoms. The summed E-state index contributed by atoms with van der Waals surface area (Å²) in [6, 6.07) is 4.70. The van der Waals surface area contributed by atoms with E-state index in [4.69, 9.17) is 0 Å². The molecule has 98 valence electrons. The number of β-amino-alcohol motifs (C(OH)–C–C–N with tert-alkyl or cyclic N) is 1. The average Bonchev–Trinajstić information content (AvgIpc) is 2.74. The molecule has 1 aromatic rings. The molecule has 2 rings (SSSR count). The molecule has 0 aliphatic carbocycles. The Kier molecular flexibility index (Phi) is 3.54. The van der Waals surface area contributed by atoms with Crippen LogP contribution in [0.1, 0.15) is 15.9 Å². The fourth-order valence-corrected chi connectivity index (χ4v) is 2.21. The van der Waals surface area contributed by atoms with Gasteiger partial charge in [0.1, 0.15) is 5.75 Å². The molecule has 0 saturated carbocycles. The molecule has 1 fully saturated rings. The summed E-state index contributed by atoms with van der Waals surface area (Å²) in [5.74, 6) is -0.299. The Morgan fingerprint density at radius 2 is 2.17 bits per heavy atom. The van der Waals surface area contributed by atoms with Crippen molar-refractivity contribution in [3.05, 3.63) is 29.3 Å². The molecule has 1 heterocycles. The van der Waals surface area contributed by atoms with E-state index in [1.54, 1.807) is 25.2 Å². The molecule has 0 unspecified atom stereocenters. The molecule has 1 aliphatic heterocycles. The van der Waals surface area contributed by atoms with Crippen LogP contribution in [0.2, 0.25) is 0 Å². The molecule has 1 aliphatic rings. The van der Waals surface area contributed by atoms with E-state index >= 15 is 0 Å². The molecule has 2 atom stereocenters. The molecule has 0 bridgehead atoms. The average molecular weight is 250 g/mol. The fraction of sp³-hybridized carbons (Fsp3) is 0.462. The number of aryl methyl sites for hydroxylation is 1. The number of benzene rings is 1. The van der Waals surface area contributed by atoms with Gasteiger partial charge in [-0.25, -0.2) is 0 Å². The zero-order valence-electron chi connectivity index (χ0n) is 10.6. The number of phenolic OH excluding ortho intramolecular Hbond substituents is 1. The Hall–Kier alpha value is -1.59. The molecule has 1 amide bonds. The lowest BCUT2D eigenvalue weighted by atomic mass is 10.1. The van der Waals surface area contributed by atoms with Crippen molar-refractivity contribution >= 4 is 5.91 Å². The number of aliphatic hydroxyl groups excluding tert-OH is 1. The van der Waals surface area contributed by atoms with Crippen molar-refractivity contribution in [2.75, 3.05) is 20.1 Å². The van der Waals surface area contributed by atoms with E-state index < -0.39 is 6.10 Å². The highest BCUT2D eigenvalue weighted by molar-refractivity contribution is 5.97. The van der Waals surface area contributed by atoms with Gasteiger partial charge in [-0.3, -0.25) is 4.79 Å². The normalized spacial score (nSPS) is 23.1. The molecule has 3 N–H and O–H groups in total. The van der Waals surface area contributed by atoms with Gasteiger partial charge in [0.2, 0.25) is 0 Å². The van der Waals surface area contributed by atoms with Crippen LogP contribution >= 0.6 is 0 Å². The molecular weight excluding hydrogens is 232 g/mol. The highest BCUT2D eigenvalue weighted by Gasteiger charge is 2.32. The summed E-state index contributed by atoms with van der Waals surface area (Å²) in [6.45, 7) is 2.90. The molecule has 1 aromatic carbocycles. The first-order chi connectivity index (χ1) is 8.50. The van der Waals surface area contributed by atoms with Gasteiger partial charge in [-0.05, 0) is 24.6 Å². The lowest BCUT2D eigenvalue weighted by Crippen LogP contribution is -2.44.